The van der Waals surface area contributed by atoms with Crippen molar-refractivity contribution < 1.29 is 9.18 Å². The van der Waals surface area contributed by atoms with E-state index in [9.17, 15) is 9.18 Å². The lowest BCUT2D eigenvalue weighted by Gasteiger charge is -2.25. The Balaban J connectivity index is 2.41. The molecule has 2 aromatic rings. The van der Waals surface area contributed by atoms with Crippen LogP contribution in [0.5, 0.6) is 0 Å². The van der Waals surface area contributed by atoms with Gasteiger partial charge in [0.15, 0.2) is 0 Å². The first-order valence-electron chi connectivity index (χ1n) is 7.44. The number of halogens is 2. The number of rotatable bonds is 1. The fourth-order valence-corrected chi connectivity index (χ4v) is 3.25. The zero-order chi connectivity index (χ0) is 17.6. The van der Waals surface area contributed by atoms with E-state index < -0.39 is 11.4 Å². The summed E-state index contributed by atoms with van der Waals surface area (Å²) in [6, 6.07) is 9.54. The maximum Gasteiger partial charge on any atom is 0.254 e. The summed E-state index contributed by atoms with van der Waals surface area (Å²) < 4.78 is 14.4. The van der Waals surface area contributed by atoms with E-state index in [1.807, 2.05) is 0 Å². The standard InChI is InChI=1S/C18H17ClFN3O/c1-18(2)17(24)23(3)16-12(8-10(21)9-13(16)19)15(22-18)11-6-4-5-7-14(11)20/h4-9H,21H2,1-3H3. The van der Waals surface area contributed by atoms with E-state index in [1.165, 1.54) is 11.0 Å². The van der Waals surface area contributed by atoms with Crippen molar-refractivity contribution in [2.24, 2.45) is 4.99 Å². The number of likely N-dealkylation sites (N-methyl/N-ethyl adjacent to an activating group) is 1. The molecule has 0 saturated carbocycles. The van der Waals surface area contributed by atoms with Crippen molar-refractivity contribution in [3.63, 3.8) is 0 Å². The molecule has 24 heavy (non-hydrogen) atoms. The highest BCUT2D eigenvalue weighted by Crippen LogP contribution is 2.38. The van der Waals surface area contributed by atoms with Gasteiger partial charge in [-0.15, -0.1) is 0 Å². The highest BCUT2D eigenvalue weighted by molar-refractivity contribution is 6.36. The van der Waals surface area contributed by atoms with Crippen LogP contribution < -0.4 is 10.6 Å². The second-order valence-electron chi connectivity index (χ2n) is 6.26. The molecule has 1 aliphatic heterocycles. The van der Waals surface area contributed by atoms with Gasteiger partial charge in [0.1, 0.15) is 11.4 Å². The molecule has 0 atom stereocenters. The first-order valence-corrected chi connectivity index (χ1v) is 7.82. The molecule has 0 bridgehead atoms. The summed E-state index contributed by atoms with van der Waals surface area (Å²) in [7, 11) is 1.63. The van der Waals surface area contributed by atoms with Crippen LogP contribution in [0.2, 0.25) is 5.02 Å². The molecular weight excluding hydrogens is 329 g/mol. The molecule has 2 N–H and O–H groups in total. The molecular formula is C18H17ClFN3O. The average Bonchev–Trinajstić information content (AvgIpc) is 2.57. The third-order valence-corrected chi connectivity index (χ3v) is 4.31. The zero-order valence-electron chi connectivity index (χ0n) is 13.6. The number of amides is 1. The topological polar surface area (TPSA) is 58.7 Å². The van der Waals surface area contributed by atoms with Gasteiger partial charge in [0.2, 0.25) is 0 Å². The monoisotopic (exact) mass is 345 g/mol. The van der Waals surface area contributed by atoms with Crippen LogP contribution in [-0.4, -0.2) is 24.2 Å². The number of benzene rings is 2. The van der Waals surface area contributed by atoms with E-state index >= 15 is 0 Å². The van der Waals surface area contributed by atoms with Gasteiger partial charge in [-0.1, -0.05) is 23.7 Å². The molecule has 3 rings (SSSR count). The van der Waals surface area contributed by atoms with Crippen molar-refractivity contribution in [1.29, 1.82) is 0 Å². The second-order valence-corrected chi connectivity index (χ2v) is 6.67. The number of anilines is 2. The predicted octanol–water partition coefficient (Wildman–Crippen LogP) is 3.65. The minimum Gasteiger partial charge on any atom is -0.399 e. The number of aliphatic imine (C=N–C) groups is 1. The lowest BCUT2D eigenvalue weighted by atomic mass is 9.98. The zero-order valence-corrected chi connectivity index (χ0v) is 14.4. The predicted molar refractivity (Wildman–Crippen MR) is 95.4 cm³/mol. The van der Waals surface area contributed by atoms with E-state index in [-0.39, 0.29) is 5.91 Å². The summed E-state index contributed by atoms with van der Waals surface area (Å²) in [6.45, 7) is 3.38. The third-order valence-electron chi connectivity index (χ3n) is 4.02. The van der Waals surface area contributed by atoms with Crippen LogP contribution in [0.3, 0.4) is 0 Å². The van der Waals surface area contributed by atoms with E-state index in [0.29, 0.717) is 33.2 Å². The van der Waals surface area contributed by atoms with Gasteiger partial charge < -0.3 is 10.6 Å². The number of carbonyl (C=O) groups excluding carboxylic acids is 1. The van der Waals surface area contributed by atoms with E-state index in [2.05, 4.69) is 4.99 Å². The molecule has 124 valence electrons. The van der Waals surface area contributed by atoms with Gasteiger partial charge in [-0.2, -0.15) is 0 Å². The SMILES string of the molecule is CN1C(=O)C(C)(C)N=C(c2ccccc2F)c2cc(N)cc(Cl)c21. The van der Waals surface area contributed by atoms with Crippen LogP contribution >= 0.6 is 11.6 Å². The molecule has 6 heteroatoms. The van der Waals surface area contributed by atoms with Crippen molar-refractivity contribution in [2.75, 3.05) is 17.7 Å². The van der Waals surface area contributed by atoms with E-state index in [4.69, 9.17) is 17.3 Å². The number of nitrogens with zero attached hydrogens (tertiary/aromatic N) is 2. The minimum atomic E-state index is -1.07. The van der Waals surface area contributed by atoms with E-state index in [1.54, 1.807) is 51.2 Å². The Morgan fingerprint density at radius 1 is 1.21 bits per heavy atom. The summed E-state index contributed by atoms with van der Waals surface area (Å²) in [6.07, 6.45) is 0. The smallest absolute Gasteiger partial charge is 0.254 e. The molecule has 1 amide bonds. The number of nitrogen functional groups attached to an aromatic ring is 1. The Kier molecular flexibility index (Phi) is 3.84. The Bertz CT molecular complexity index is 877. The summed E-state index contributed by atoms with van der Waals surface area (Å²) in [5, 5.41) is 0.322. The molecule has 0 aliphatic carbocycles. The van der Waals surface area contributed by atoms with Crippen LogP contribution in [0, 0.1) is 5.82 Å². The van der Waals surface area contributed by atoms with Crippen molar-refractivity contribution in [1.82, 2.24) is 0 Å². The number of nitrogens with two attached hydrogens (primary N) is 1. The first kappa shape index (κ1) is 16.5. The van der Waals surface area contributed by atoms with Gasteiger partial charge in [-0.05, 0) is 38.1 Å². The molecule has 0 aromatic heterocycles. The number of hydrogen-bond acceptors (Lipinski definition) is 3. The van der Waals surface area contributed by atoms with Crippen LogP contribution in [0.15, 0.2) is 41.4 Å². The molecule has 2 aromatic carbocycles. The van der Waals surface area contributed by atoms with Crippen LogP contribution in [-0.2, 0) is 4.79 Å². The molecule has 0 fully saturated rings. The van der Waals surface area contributed by atoms with Crippen molar-refractivity contribution in [3.8, 4) is 0 Å². The molecule has 0 spiro atoms. The van der Waals surface area contributed by atoms with E-state index in [0.717, 1.165) is 0 Å². The summed E-state index contributed by atoms with van der Waals surface area (Å²) in [5.74, 6) is -0.657. The molecule has 0 radical (unpaired) electrons. The van der Waals surface area contributed by atoms with Gasteiger partial charge in [-0.25, -0.2) is 4.39 Å². The Morgan fingerprint density at radius 3 is 2.54 bits per heavy atom. The average molecular weight is 346 g/mol. The second kappa shape index (κ2) is 5.60. The molecule has 1 heterocycles. The number of hydrogen-bond donors (Lipinski definition) is 1. The Hall–Kier alpha value is -2.40. The van der Waals surface area contributed by atoms with Gasteiger partial charge in [0.25, 0.3) is 5.91 Å². The highest BCUT2D eigenvalue weighted by atomic mass is 35.5. The van der Waals surface area contributed by atoms with Crippen molar-refractivity contribution in [2.45, 2.75) is 19.4 Å². The summed E-state index contributed by atoms with van der Waals surface area (Å²) in [4.78, 5) is 18.8. The Morgan fingerprint density at radius 2 is 1.88 bits per heavy atom. The largest absolute Gasteiger partial charge is 0.399 e. The van der Waals surface area contributed by atoms with Crippen LogP contribution in [0.25, 0.3) is 0 Å². The lowest BCUT2D eigenvalue weighted by molar-refractivity contribution is -0.122. The molecule has 0 saturated heterocycles. The van der Waals surface area contributed by atoms with Crippen LogP contribution in [0.4, 0.5) is 15.8 Å². The van der Waals surface area contributed by atoms with Crippen molar-refractivity contribution >= 4 is 34.6 Å². The number of carbonyl (C=O) groups is 1. The lowest BCUT2D eigenvalue weighted by Crippen LogP contribution is -2.41. The fraction of sp³-hybridized carbons (Fsp3) is 0.222. The third kappa shape index (κ3) is 2.55. The van der Waals surface area contributed by atoms with Gasteiger partial charge in [-0.3, -0.25) is 9.79 Å². The maximum atomic E-state index is 14.4. The Labute approximate surface area is 144 Å². The van der Waals surface area contributed by atoms with Crippen molar-refractivity contribution in [3.05, 3.63) is 58.4 Å². The number of fused-ring (bicyclic) bond motifs is 1. The number of benzodiazepines with no additional fused rings is 1. The highest BCUT2D eigenvalue weighted by Gasteiger charge is 2.37. The minimum absolute atomic E-state index is 0.234. The molecule has 4 nitrogen and oxygen atoms in total. The first-order chi connectivity index (χ1) is 11.2. The van der Waals surface area contributed by atoms with Gasteiger partial charge >= 0.3 is 0 Å². The maximum absolute atomic E-state index is 14.4. The fourth-order valence-electron chi connectivity index (χ4n) is 2.90. The molecule has 0 unspecified atom stereocenters. The van der Waals surface area contributed by atoms with Crippen LogP contribution in [0.1, 0.15) is 25.0 Å². The van der Waals surface area contributed by atoms with Gasteiger partial charge in [0, 0.05) is 23.9 Å². The van der Waals surface area contributed by atoms with Gasteiger partial charge in [0.05, 0.1) is 16.4 Å². The molecule has 1 aliphatic rings. The summed E-state index contributed by atoms with van der Waals surface area (Å²) in [5.41, 5.74) is 6.95. The quantitative estimate of drug-likeness (QED) is 0.802. The normalized spacial score (nSPS) is 16.5. The summed E-state index contributed by atoms with van der Waals surface area (Å²) >= 11 is 6.34.